The van der Waals surface area contributed by atoms with E-state index in [1.807, 2.05) is 99.6 Å². The summed E-state index contributed by atoms with van der Waals surface area (Å²) in [6.45, 7) is 7.02. The van der Waals surface area contributed by atoms with Crippen LogP contribution >= 0.6 is 0 Å². The van der Waals surface area contributed by atoms with Crippen LogP contribution in [0.25, 0.3) is 10.9 Å². The van der Waals surface area contributed by atoms with Gasteiger partial charge in [-0.3, -0.25) is 9.36 Å². The van der Waals surface area contributed by atoms with Crippen LogP contribution in [0.5, 0.6) is 0 Å². The van der Waals surface area contributed by atoms with E-state index in [2.05, 4.69) is 5.32 Å². The normalized spacial score (nSPS) is 11.9. The van der Waals surface area contributed by atoms with E-state index >= 15 is 0 Å². The number of amides is 2. The van der Waals surface area contributed by atoms with E-state index in [9.17, 15) is 9.59 Å². The number of aromatic nitrogens is 2. The van der Waals surface area contributed by atoms with Crippen LogP contribution in [0.3, 0.4) is 0 Å². The molecule has 0 spiro atoms. The second kappa shape index (κ2) is 11.0. The topological polar surface area (TPSA) is 67.2 Å². The van der Waals surface area contributed by atoms with Gasteiger partial charge in [-0.25, -0.2) is 9.78 Å². The van der Waals surface area contributed by atoms with Gasteiger partial charge >= 0.3 is 6.03 Å². The van der Waals surface area contributed by atoms with E-state index < -0.39 is 0 Å². The second-order valence-electron chi connectivity index (χ2n) is 8.78. The Morgan fingerprint density at radius 2 is 1.66 bits per heavy atom. The monoisotopic (exact) mass is 468 g/mol. The zero-order chi connectivity index (χ0) is 24.8. The van der Waals surface area contributed by atoms with Crippen molar-refractivity contribution < 1.29 is 4.79 Å². The lowest BCUT2D eigenvalue weighted by Crippen LogP contribution is -2.40. The molecule has 6 nitrogen and oxygen atoms in total. The van der Waals surface area contributed by atoms with Crippen LogP contribution in [0.2, 0.25) is 0 Å². The maximum absolute atomic E-state index is 13.7. The number of rotatable bonds is 8. The van der Waals surface area contributed by atoms with Gasteiger partial charge < -0.3 is 10.2 Å². The van der Waals surface area contributed by atoms with Gasteiger partial charge in [0.05, 0.1) is 16.9 Å². The molecular weight excluding hydrogens is 436 g/mol. The van der Waals surface area contributed by atoms with Crippen molar-refractivity contribution in [2.24, 2.45) is 0 Å². The Balaban J connectivity index is 1.80. The molecule has 4 rings (SSSR count). The van der Waals surface area contributed by atoms with Crippen molar-refractivity contribution in [1.29, 1.82) is 0 Å². The van der Waals surface area contributed by atoms with Gasteiger partial charge in [-0.1, -0.05) is 74.0 Å². The van der Waals surface area contributed by atoms with Gasteiger partial charge in [0, 0.05) is 18.8 Å². The zero-order valence-electron chi connectivity index (χ0n) is 20.6. The summed E-state index contributed by atoms with van der Waals surface area (Å²) >= 11 is 0. The standard InChI is InChI=1S/C29H32N4O2/c1-4-19-32-27(31-25-14-10-9-13-24(25)28(32)34)26(5-2)33(20-22-11-7-6-8-12-22)29(35)30-23-17-15-21(3)16-18-23/h6-18,26H,4-5,19-20H2,1-3H3,(H,30,35). The molecular formula is C29H32N4O2. The summed E-state index contributed by atoms with van der Waals surface area (Å²) in [6.07, 6.45) is 1.40. The predicted octanol–water partition coefficient (Wildman–Crippen LogP) is 6.30. The first-order chi connectivity index (χ1) is 17.0. The lowest BCUT2D eigenvalue weighted by molar-refractivity contribution is 0.175. The van der Waals surface area contributed by atoms with Crippen LogP contribution in [0.1, 0.15) is 49.7 Å². The van der Waals surface area contributed by atoms with Crippen molar-refractivity contribution in [2.75, 3.05) is 5.32 Å². The first-order valence-electron chi connectivity index (χ1n) is 12.2. The fourth-order valence-corrected chi connectivity index (χ4v) is 4.36. The Labute approximate surface area is 206 Å². The number of urea groups is 1. The van der Waals surface area contributed by atoms with Gasteiger partial charge in [-0.05, 0) is 49.6 Å². The number of nitrogens with zero attached hydrogens (tertiary/aromatic N) is 3. The van der Waals surface area contributed by atoms with Crippen molar-refractivity contribution in [3.63, 3.8) is 0 Å². The first-order valence-corrected chi connectivity index (χ1v) is 12.2. The molecule has 0 aliphatic rings. The van der Waals surface area contributed by atoms with Crippen LogP contribution in [0, 0.1) is 6.92 Å². The fraction of sp³-hybridized carbons (Fsp3) is 0.276. The number of anilines is 1. The van der Waals surface area contributed by atoms with E-state index in [0.717, 1.165) is 23.2 Å². The quantitative estimate of drug-likeness (QED) is 0.330. The molecule has 0 bridgehead atoms. The average Bonchev–Trinajstić information content (AvgIpc) is 2.88. The minimum atomic E-state index is -0.385. The van der Waals surface area contributed by atoms with E-state index in [4.69, 9.17) is 4.98 Å². The molecule has 4 aromatic rings. The van der Waals surface area contributed by atoms with Crippen LogP contribution in [-0.4, -0.2) is 20.5 Å². The van der Waals surface area contributed by atoms with Gasteiger partial charge in [0.25, 0.3) is 5.56 Å². The summed E-state index contributed by atoms with van der Waals surface area (Å²) in [5, 5.41) is 3.64. The molecule has 180 valence electrons. The third kappa shape index (κ3) is 5.43. The van der Waals surface area contributed by atoms with E-state index in [-0.39, 0.29) is 17.6 Å². The molecule has 35 heavy (non-hydrogen) atoms. The smallest absolute Gasteiger partial charge is 0.310 e. The molecule has 3 aromatic carbocycles. The van der Waals surface area contributed by atoms with Crippen LogP contribution in [0.4, 0.5) is 10.5 Å². The summed E-state index contributed by atoms with van der Waals surface area (Å²) in [5.41, 5.74) is 3.45. The molecule has 1 N–H and O–H groups in total. The molecule has 2 amide bonds. The average molecular weight is 469 g/mol. The molecule has 1 atom stereocenters. The summed E-state index contributed by atoms with van der Waals surface area (Å²) in [5.74, 6) is 0.619. The number of nitrogens with one attached hydrogen (secondary N) is 1. The van der Waals surface area contributed by atoms with Crippen LogP contribution in [0.15, 0.2) is 83.7 Å². The number of carbonyl (C=O) groups excluding carboxylic acids is 1. The summed E-state index contributed by atoms with van der Waals surface area (Å²) < 4.78 is 1.74. The van der Waals surface area contributed by atoms with Gasteiger partial charge in [0.1, 0.15) is 5.82 Å². The highest BCUT2D eigenvalue weighted by atomic mass is 16.2. The third-order valence-corrected chi connectivity index (χ3v) is 6.16. The summed E-state index contributed by atoms with van der Waals surface area (Å²) in [7, 11) is 0. The Bertz CT molecular complexity index is 1350. The summed E-state index contributed by atoms with van der Waals surface area (Å²) in [4.78, 5) is 33.9. The molecule has 0 fully saturated rings. The predicted molar refractivity (Wildman–Crippen MR) is 142 cm³/mol. The number of aryl methyl sites for hydroxylation is 1. The number of hydrogen-bond donors (Lipinski definition) is 1. The molecule has 0 saturated carbocycles. The lowest BCUT2D eigenvalue weighted by atomic mass is 10.1. The van der Waals surface area contributed by atoms with Crippen molar-refractivity contribution in [2.45, 2.75) is 52.7 Å². The van der Waals surface area contributed by atoms with E-state index in [1.165, 1.54) is 0 Å². The SMILES string of the molecule is CCCn1c(C(CC)N(Cc2ccccc2)C(=O)Nc2ccc(C)cc2)nc2ccccc2c1=O. The van der Waals surface area contributed by atoms with Gasteiger partial charge in [-0.15, -0.1) is 0 Å². The Kier molecular flexibility index (Phi) is 7.60. The molecule has 0 aliphatic carbocycles. The largest absolute Gasteiger partial charge is 0.322 e. The van der Waals surface area contributed by atoms with Gasteiger partial charge in [0.15, 0.2) is 0 Å². The number of para-hydroxylation sites is 1. The van der Waals surface area contributed by atoms with Crippen LogP contribution in [-0.2, 0) is 13.1 Å². The van der Waals surface area contributed by atoms with Gasteiger partial charge in [0.2, 0.25) is 0 Å². The number of fused-ring (bicyclic) bond motifs is 1. The Morgan fingerprint density at radius 1 is 0.971 bits per heavy atom. The molecule has 0 radical (unpaired) electrons. The minimum absolute atomic E-state index is 0.0653. The molecule has 0 saturated heterocycles. The third-order valence-electron chi connectivity index (χ3n) is 6.16. The lowest BCUT2D eigenvalue weighted by Gasteiger charge is -2.32. The maximum Gasteiger partial charge on any atom is 0.322 e. The second-order valence-corrected chi connectivity index (χ2v) is 8.78. The molecule has 1 aromatic heterocycles. The molecule has 6 heteroatoms. The zero-order valence-corrected chi connectivity index (χ0v) is 20.6. The Hall–Kier alpha value is -3.93. The highest BCUT2D eigenvalue weighted by Gasteiger charge is 2.29. The molecule has 0 aliphatic heterocycles. The number of carbonyl (C=O) groups is 1. The number of benzene rings is 3. The van der Waals surface area contributed by atoms with Crippen molar-refractivity contribution in [1.82, 2.24) is 14.5 Å². The van der Waals surface area contributed by atoms with Crippen LogP contribution < -0.4 is 10.9 Å². The van der Waals surface area contributed by atoms with Crippen molar-refractivity contribution in [3.05, 3.63) is 106 Å². The summed E-state index contributed by atoms with van der Waals surface area (Å²) in [6, 6.07) is 24.4. The van der Waals surface area contributed by atoms with Crippen molar-refractivity contribution >= 4 is 22.6 Å². The molecule has 1 heterocycles. The fourth-order valence-electron chi connectivity index (χ4n) is 4.36. The maximum atomic E-state index is 13.7. The minimum Gasteiger partial charge on any atom is -0.310 e. The van der Waals surface area contributed by atoms with E-state index in [1.54, 1.807) is 9.47 Å². The molecule has 1 unspecified atom stereocenters. The highest BCUT2D eigenvalue weighted by molar-refractivity contribution is 5.89. The van der Waals surface area contributed by atoms with Crippen molar-refractivity contribution in [3.8, 4) is 0 Å². The van der Waals surface area contributed by atoms with Gasteiger partial charge in [-0.2, -0.15) is 0 Å². The van der Waals surface area contributed by atoms with E-state index in [0.29, 0.717) is 36.2 Å². The first kappa shape index (κ1) is 24.2. The number of hydrogen-bond acceptors (Lipinski definition) is 3. The Morgan fingerprint density at radius 3 is 2.34 bits per heavy atom. The highest BCUT2D eigenvalue weighted by Crippen LogP contribution is 2.27.